The molecule has 44 heavy (non-hydrogen) atoms. The number of benzene rings is 3. The number of carbonyl (C=O) groups is 2. The number of carbonyl (C=O) groups excluding carboxylic acids is 2. The SMILES string of the molecule is COc1cc(C(=O)N2C[C@@H]3C[C@H]2CO3)ccc1Nc1nc2ccc(-c3ccc(C(=O)NCc4ccc(F)cc4)cc3)cn2n1. The molecule has 2 bridgehead atoms. The Morgan fingerprint density at radius 3 is 2.50 bits per heavy atom. The summed E-state index contributed by atoms with van der Waals surface area (Å²) in [6.45, 7) is 1.53. The number of amides is 2. The van der Waals surface area contributed by atoms with Crippen molar-refractivity contribution in [2.75, 3.05) is 25.6 Å². The third kappa shape index (κ3) is 5.45. The number of ether oxygens (including phenoxy) is 2. The zero-order valence-corrected chi connectivity index (χ0v) is 23.9. The van der Waals surface area contributed by atoms with Gasteiger partial charge in [0.15, 0.2) is 5.65 Å². The summed E-state index contributed by atoms with van der Waals surface area (Å²) in [5.74, 6) is 0.336. The number of nitrogens with zero attached hydrogens (tertiary/aromatic N) is 4. The second kappa shape index (κ2) is 11.4. The molecule has 4 heterocycles. The van der Waals surface area contributed by atoms with E-state index in [1.165, 1.54) is 12.1 Å². The van der Waals surface area contributed by atoms with Crippen LogP contribution in [0.25, 0.3) is 16.8 Å². The zero-order chi connectivity index (χ0) is 30.2. The first-order chi connectivity index (χ1) is 21.4. The summed E-state index contributed by atoms with van der Waals surface area (Å²) in [6, 6.07) is 22.5. The molecule has 11 heteroatoms. The van der Waals surface area contributed by atoms with E-state index >= 15 is 0 Å². The fourth-order valence-electron chi connectivity index (χ4n) is 5.67. The van der Waals surface area contributed by atoms with Crippen molar-refractivity contribution < 1.29 is 23.5 Å². The standard InChI is InChI=1S/C33H29FN6O4/c1-43-29-14-23(32(42)39-18-27-15-26(39)19-44-27)8-12-28(29)36-33-37-30-13-9-24(17-40(30)38-33)21-4-6-22(7-5-21)31(41)35-16-20-2-10-25(34)11-3-20/h2-14,17,26-27H,15-16,18-19H2,1H3,(H,35,41)(H,36,38)/t26-,27-/m0/s1. The van der Waals surface area contributed by atoms with Crippen LogP contribution in [0.5, 0.6) is 5.75 Å². The molecule has 2 N–H and O–H groups in total. The maximum Gasteiger partial charge on any atom is 0.254 e. The van der Waals surface area contributed by atoms with Gasteiger partial charge in [0.1, 0.15) is 11.6 Å². The van der Waals surface area contributed by atoms with Crippen LogP contribution < -0.4 is 15.4 Å². The minimum absolute atomic E-state index is 0.0253. The molecule has 2 atom stereocenters. The average Bonchev–Trinajstić information content (AvgIpc) is 3.80. The van der Waals surface area contributed by atoms with Gasteiger partial charge < -0.3 is 25.0 Å². The van der Waals surface area contributed by atoms with Crippen LogP contribution in [0.1, 0.15) is 32.7 Å². The number of likely N-dealkylation sites (tertiary alicyclic amines) is 1. The number of nitrogens with one attached hydrogen (secondary N) is 2. The molecule has 0 radical (unpaired) electrons. The monoisotopic (exact) mass is 592 g/mol. The number of hydrogen-bond acceptors (Lipinski definition) is 7. The number of anilines is 2. The normalized spacial score (nSPS) is 17.2. The Balaban J connectivity index is 1.03. The number of methoxy groups -OCH3 is 1. The molecule has 2 aliphatic heterocycles. The molecule has 2 saturated heterocycles. The molecular formula is C33H29FN6O4. The lowest BCUT2D eigenvalue weighted by Crippen LogP contribution is -2.41. The van der Waals surface area contributed by atoms with Gasteiger partial charge >= 0.3 is 0 Å². The Morgan fingerprint density at radius 1 is 1.00 bits per heavy atom. The maximum absolute atomic E-state index is 13.1. The van der Waals surface area contributed by atoms with Crippen molar-refractivity contribution in [3.63, 3.8) is 0 Å². The second-order valence-corrected chi connectivity index (χ2v) is 10.9. The number of fused-ring (bicyclic) bond motifs is 3. The van der Waals surface area contributed by atoms with Gasteiger partial charge in [-0.05, 0) is 72.1 Å². The van der Waals surface area contributed by atoms with E-state index in [1.807, 2.05) is 35.4 Å². The van der Waals surface area contributed by atoms with Gasteiger partial charge in [-0.15, -0.1) is 5.10 Å². The highest BCUT2D eigenvalue weighted by atomic mass is 19.1. The van der Waals surface area contributed by atoms with Gasteiger partial charge in [-0.1, -0.05) is 24.3 Å². The van der Waals surface area contributed by atoms with Crippen LogP contribution in [0.15, 0.2) is 85.1 Å². The van der Waals surface area contributed by atoms with Crippen LogP contribution in [0.2, 0.25) is 0 Å². The van der Waals surface area contributed by atoms with Gasteiger partial charge in [0, 0.05) is 36.0 Å². The van der Waals surface area contributed by atoms with Crippen LogP contribution in [-0.4, -0.2) is 63.7 Å². The highest BCUT2D eigenvalue weighted by molar-refractivity contribution is 5.96. The molecule has 2 aliphatic rings. The van der Waals surface area contributed by atoms with Crippen molar-refractivity contribution in [1.82, 2.24) is 24.8 Å². The molecule has 222 valence electrons. The summed E-state index contributed by atoms with van der Waals surface area (Å²) < 4.78 is 26.0. The van der Waals surface area contributed by atoms with E-state index in [-0.39, 0.29) is 29.8 Å². The molecule has 0 saturated carbocycles. The minimum Gasteiger partial charge on any atom is -0.495 e. The van der Waals surface area contributed by atoms with E-state index in [0.717, 1.165) is 23.1 Å². The number of aromatic nitrogens is 3. The zero-order valence-electron chi connectivity index (χ0n) is 23.9. The molecule has 0 aliphatic carbocycles. The number of halogens is 1. The first-order valence-electron chi connectivity index (χ1n) is 14.3. The first kappa shape index (κ1) is 27.5. The van der Waals surface area contributed by atoms with E-state index in [1.54, 1.807) is 54.1 Å². The summed E-state index contributed by atoms with van der Waals surface area (Å²) in [4.78, 5) is 32.2. The Kier molecular flexibility index (Phi) is 7.15. The van der Waals surface area contributed by atoms with Crippen molar-refractivity contribution in [1.29, 1.82) is 0 Å². The quantitative estimate of drug-likeness (QED) is 0.266. The topological polar surface area (TPSA) is 110 Å². The lowest BCUT2D eigenvalue weighted by molar-refractivity contribution is 0.0259. The summed E-state index contributed by atoms with van der Waals surface area (Å²) in [5, 5.41) is 10.6. The average molecular weight is 593 g/mol. The minimum atomic E-state index is -0.313. The van der Waals surface area contributed by atoms with Crippen molar-refractivity contribution in [2.45, 2.75) is 25.1 Å². The van der Waals surface area contributed by atoms with Gasteiger partial charge in [-0.3, -0.25) is 9.59 Å². The molecule has 2 aromatic heterocycles. The smallest absolute Gasteiger partial charge is 0.254 e. The Morgan fingerprint density at radius 2 is 1.77 bits per heavy atom. The number of pyridine rings is 1. The Bertz CT molecular complexity index is 1860. The van der Waals surface area contributed by atoms with E-state index in [4.69, 9.17) is 9.47 Å². The maximum atomic E-state index is 13.1. The fourth-order valence-corrected chi connectivity index (χ4v) is 5.67. The first-order valence-corrected chi connectivity index (χ1v) is 14.3. The van der Waals surface area contributed by atoms with E-state index in [9.17, 15) is 14.0 Å². The summed E-state index contributed by atoms with van der Waals surface area (Å²) in [7, 11) is 1.56. The van der Waals surface area contributed by atoms with Crippen LogP contribution in [0.3, 0.4) is 0 Å². The molecule has 2 fully saturated rings. The number of morpholine rings is 1. The molecule has 7 rings (SSSR count). The predicted molar refractivity (Wildman–Crippen MR) is 161 cm³/mol. The molecular weight excluding hydrogens is 563 g/mol. The van der Waals surface area contributed by atoms with Crippen LogP contribution >= 0.6 is 0 Å². The highest BCUT2D eigenvalue weighted by Gasteiger charge is 2.41. The fraction of sp³-hybridized carbons (Fsp3) is 0.212. The van der Waals surface area contributed by atoms with Gasteiger partial charge in [0.25, 0.3) is 11.8 Å². The van der Waals surface area contributed by atoms with Gasteiger partial charge in [-0.25, -0.2) is 8.91 Å². The molecule has 10 nitrogen and oxygen atoms in total. The molecule has 2 amide bonds. The molecule has 0 spiro atoms. The Hall–Kier alpha value is -5.29. The van der Waals surface area contributed by atoms with Crippen LogP contribution in [-0.2, 0) is 11.3 Å². The van der Waals surface area contributed by atoms with Gasteiger partial charge in [0.05, 0.1) is 31.5 Å². The summed E-state index contributed by atoms with van der Waals surface area (Å²) in [6.07, 6.45) is 2.90. The lowest BCUT2D eigenvalue weighted by Gasteiger charge is -2.27. The Labute approximate surface area is 252 Å². The number of hydrogen-bond donors (Lipinski definition) is 2. The van der Waals surface area contributed by atoms with Crippen molar-refractivity contribution >= 4 is 29.1 Å². The number of rotatable bonds is 8. The largest absolute Gasteiger partial charge is 0.495 e. The van der Waals surface area contributed by atoms with Gasteiger partial charge in [0.2, 0.25) is 5.95 Å². The van der Waals surface area contributed by atoms with E-state index in [2.05, 4.69) is 20.7 Å². The summed E-state index contributed by atoms with van der Waals surface area (Å²) >= 11 is 0. The summed E-state index contributed by atoms with van der Waals surface area (Å²) in [5.41, 5.74) is 4.98. The van der Waals surface area contributed by atoms with Crippen molar-refractivity contribution in [3.8, 4) is 16.9 Å². The van der Waals surface area contributed by atoms with Crippen LogP contribution in [0.4, 0.5) is 16.0 Å². The van der Waals surface area contributed by atoms with E-state index < -0.39 is 0 Å². The van der Waals surface area contributed by atoms with E-state index in [0.29, 0.717) is 53.9 Å². The van der Waals surface area contributed by atoms with Crippen LogP contribution in [0, 0.1) is 5.82 Å². The lowest BCUT2D eigenvalue weighted by atomic mass is 10.1. The molecule has 3 aromatic carbocycles. The van der Waals surface area contributed by atoms with Crippen molar-refractivity contribution in [2.24, 2.45) is 0 Å². The molecule has 5 aromatic rings. The highest BCUT2D eigenvalue weighted by Crippen LogP contribution is 2.32. The predicted octanol–water partition coefficient (Wildman–Crippen LogP) is 4.83. The molecule has 0 unspecified atom stereocenters. The third-order valence-electron chi connectivity index (χ3n) is 8.03. The van der Waals surface area contributed by atoms with Gasteiger partial charge in [-0.2, -0.15) is 4.98 Å². The van der Waals surface area contributed by atoms with Crippen molar-refractivity contribution in [3.05, 3.63) is 108 Å². The third-order valence-corrected chi connectivity index (χ3v) is 8.03. The second-order valence-electron chi connectivity index (χ2n) is 10.9.